The Balaban J connectivity index is 1.63. The average molecular weight is 408 g/mol. The lowest BCUT2D eigenvalue weighted by Gasteiger charge is -2.35. The van der Waals surface area contributed by atoms with Crippen molar-refractivity contribution in [3.05, 3.63) is 23.5 Å². The van der Waals surface area contributed by atoms with Gasteiger partial charge in [-0.25, -0.2) is 9.18 Å². The van der Waals surface area contributed by atoms with Gasteiger partial charge in [-0.3, -0.25) is 0 Å². The molecule has 0 radical (unpaired) electrons. The van der Waals surface area contributed by atoms with Crippen molar-refractivity contribution in [2.24, 2.45) is 0 Å². The van der Waals surface area contributed by atoms with Gasteiger partial charge in [-0.15, -0.1) is 0 Å². The minimum atomic E-state index is -0.501. The van der Waals surface area contributed by atoms with E-state index in [1.807, 2.05) is 31.7 Å². The largest absolute Gasteiger partial charge is 0.444 e. The van der Waals surface area contributed by atoms with Gasteiger partial charge in [0.25, 0.3) is 0 Å². The average Bonchev–Trinajstić information content (AvgIpc) is 2.67. The summed E-state index contributed by atoms with van der Waals surface area (Å²) >= 11 is 0. The second-order valence-electron chi connectivity index (χ2n) is 9.10. The van der Waals surface area contributed by atoms with Crippen molar-refractivity contribution in [2.75, 3.05) is 43.9 Å². The van der Waals surface area contributed by atoms with Crippen molar-refractivity contribution in [3.63, 3.8) is 0 Å². The summed E-state index contributed by atoms with van der Waals surface area (Å²) in [6.07, 6.45) is 3.26. The Morgan fingerprint density at radius 2 is 1.72 bits per heavy atom. The Kier molecular flexibility index (Phi) is 6.56. The molecule has 0 unspecified atom stereocenters. The van der Waals surface area contributed by atoms with E-state index in [4.69, 9.17) is 15.2 Å². The highest BCUT2D eigenvalue weighted by molar-refractivity contribution is 5.70. The number of likely N-dealkylation sites (tertiary alicyclic amines) is 1. The fraction of sp³-hybridized carbons (Fsp3) is 0.682. The summed E-state index contributed by atoms with van der Waals surface area (Å²) in [7, 11) is 1.72. The van der Waals surface area contributed by atoms with Crippen LogP contribution in [0.25, 0.3) is 0 Å². The van der Waals surface area contributed by atoms with E-state index in [2.05, 4.69) is 0 Å². The van der Waals surface area contributed by atoms with Crippen molar-refractivity contribution >= 4 is 17.5 Å². The number of nitrogens with two attached hydrogens (primary N) is 1. The molecule has 2 heterocycles. The summed E-state index contributed by atoms with van der Waals surface area (Å²) in [4.78, 5) is 16.0. The van der Waals surface area contributed by atoms with Crippen LogP contribution in [0.15, 0.2) is 12.1 Å². The van der Waals surface area contributed by atoms with E-state index in [0.717, 1.165) is 44.3 Å². The standard InChI is InChI=1S/C22H34FN3O3/c1-22(2,3)29-21(27)26-9-5-15(6-10-26)16-13-18(23)20(19(24)14-16)25-11-7-17(28-4)8-12-25/h13-15,17H,5-12,24H2,1-4H3. The third kappa shape index (κ3) is 5.32. The first-order valence-corrected chi connectivity index (χ1v) is 10.5. The first kappa shape index (κ1) is 21.7. The van der Waals surface area contributed by atoms with E-state index < -0.39 is 5.60 Å². The highest BCUT2D eigenvalue weighted by atomic mass is 19.1. The molecule has 1 amide bonds. The van der Waals surface area contributed by atoms with Gasteiger partial charge in [0, 0.05) is 33.3 Å². The predicted octanol–water partition coefficient (Wildman–Crippen LogP) is 4.14. The normalized spacial score (nSPS) is 19.5. The number of ether oxygens (including phenoxy) is 2. The predicted molar refractivity (Wildman–Crippen MR) is 113 cm³/mol. The molecule has 0 aromatic heterocycles. The summed E-state index contributed by atoms with van der Waals surface area (Å²) in [6, 6.07) is 3.54. The monoisotopic (exact) mass is 407 g/mol. The summed E-state index contributed by atoms with van der Waals surface area (Å²) in [5.41, 5.74) is 7.69. The maximum absolute atomic E-state index is 15.0. The molecular weight excluding hydrogens is 373 g/mol. The van der Waals surface area contributed by atoms with E-state index >= 15 is 0 Å². The molecule has 1 aromatic carbocycles. The van der Waals surface area contributed by atoms with Gasteiger partial charge in [0.1, 0.15) is 11.4 Å². The molecule has 0 atom stereocenters. The van der Waals surface area contributed by atoms with Gasteiger partial charge in [-0.2, -0.15) is 0 Å². The van der Waals surface area contributed by atoms with Gasteiger partial charge in [-0.1, -0.05) is 0 Å². The minimum Gasteiger partial charge on any atom is -0.444 e. The van der Waals surface area contributed by atoms with Crippen LogP contribution >= 0.6 is 0 Å². The zero-order valence-corrected chi connectivity index (χ0v) is 18.0. The molecule has 2 N–H and O–H groups in total. The molecule has 162 valence electrons. The Bertz CT molecular complexity index is 695. The molecule has 1 aromatic rings. The zero-order chi connectivity index (χ0) is 21.2. The van der Waals surface area contributed by atoms with Gasteiger partial charge in [0.15, 0.2) is 0 Å². The van der Waals surface area contributed by atoms with Crippen LogP contribution in [-0.2, 0) is 9.47 Å². The number of methoxy groups -OCH3 is 1. The van der Waals surface area contributed by atoms with E-state index in [1.54, 1.807) is 18.1 Å². The molecule has 0 spiro atoms. The van der Waals surface area contributed by atoms with Gasteiger partial charge in [-0.05, 0) is 70.1 Å². The number of anilines is 2. The third-order valence-corrected chi connectivity index (χ3v) is 5.82. The molecule has 2 aliphatic heterocycles. The molecule has 0 saturated carbocycles. The van der Waals surface area contributed by atoms with Crippen LogP contribution in [0.1, 0.15) is 57.9 Å². The summed E-state index contributed by atoms with van der Waals surface area (Å²) < 4.78 is 25.8. The fourth-order valence-electron chi connectivity index (χ4n) is 4.25. The number of nitrogen functional groups attached to an aromatic ring is 1. The number of rotatable bonds is 3. The summed E-state index contributed by atoms with van der Waals surface area (Å²) in [5.74, 6) is -0.0656. The fourth-order valence-corrected chi connectivity index (χ4v) is 4.25. The Morgan fingerprint density at radius 1 is 1.10 bits per heavy atom. The molecule has 0 bridgehead atoms. The van der Waals surface area contributed by atoms with Crippen molar-refractivity contribution in [1.82, 2.24) is 4.90 Å². The second-order valence-corrected chi connectivity index (χ2v) is 9.10. The van der Waals surface area contributed by atoms with Crippen LogP contribution in [0.5, 0.6) is 0 Å². The maximum Gasteiger partial charge on any atom is 0.410 e. The minimum absolute atomic E-state index is 0.193. The second kappa shape index (κ2) is 8.78. The van der Waals surface area contributed by atoms with E-state index in [1.165, 1.54) is 0 Å². The lowest BCUT2D eigenvalue weighted by molar-refractivity contribution is 0.0204. The van der Waals surface area contributed by atoms with Crippen molar-refractivity contribution < 1.29 is 18.7 Å². The Hall–Kier alpha value is -2.02. The van der Waals surface area contributed by atoms with Crippen LogP contribution in [0.3, 0.4) is 0 Å². The smallest absolute Gasteiger partial charge is 0.410 e. The lowest BCUT2D eigenvalue weighted by Crippen LogP contribution is -2.41. The molecular formula is C22H34FN3O3. The molecule has 0 aliphatic carbocycles. The van der Waals surface area contributed by atoms with Crippen LogP contribution in [-0.4, -0.2) is 56.0 Å². The van der Waals surface area contributed by atoms with E-state index in [-0.39, 0.29) is 23.9 Å². The van der Waals surface area contributed by atoms with Gasteiger partial charge < -0.3 is 25.0 Å². The number of piperidine rings is 2. The zero-order valence-electron chi connectivity index (χ0n) is 18.0. The van der Waals surface area contributed by atoms with Crippen LogP contribution in [0.2, 0.25) is 0 Å². The Labute approximate surface area is 173 Å². The quantitative estimate of drug-likeness (QED) is 0.763. The number of hydrogen-bond donors (Lipinski definition) is 1. The van der Waals surface area contributed by atoms with E-state index in [0.29, 0.717) is 24.5 Å². The van der Waals surface area contributed by atoms with Crippen LogP contribution in [0.4, 0.5) is 20.6 Å². The molecule has 7 heteroatoms. The highest BCUT2D eigenvalue weighted by Gasteiger charge is 2.29. The molecule has 2 aliphatic rings. The summed E-state index contributed by atoms with van der Waals surface area (Å²) in [6.45, 7) is 8.29. The first-order valence-electron chi connectivity index (χ1n) is 10.5. The highest BCUT2D eigenvalue weighted by Crippen LogP contribution is 2.36. The van der Waals surface area contributed by atoms with E-state index in [9.17, 15) is 9.18 Å². The van der Waals surface area contributed by atoms with Gasteiger partial charge in [0.2, 0.25) is 0 Å². The summed E-state index contributed by atoms with van der Waals surface area (Å²) in [5, 5.41) is 0. The number of halogens is 1. The van der Waals surface area contributed by atoms with Gasteiger partial charge in [0.05, 0.1) is 17.5 Å². The van der Waals surface area contributed by atoms with Crippen molar-refractivity contribution in [2.45, 2.75) is 64.1 Å². The number of carbonyl (C=O) groups excluding carboxylic acids is 1. The van der Waals surface area contributed by atoms with Crippen molar-refractivity contribution in [1.29, 1.82) is 0 Å². The maximum atomic E-state index is 15.0. The number of hydrogen-bond acceptors (Lipinski definition) is 5. The SMILES string of the molecule is COC1CCN(c2c(N)cc(C3CCN(C(=O)OC(C)(C)C)CC3)cc2F)CC1. The number of amides is 1. The molecule has 2 fully saturated rings. The van der Waals surface area contributed by atoms with Crippen LogP contribution < -0.4 is 10.6 Å². The first-order chi connectivity index (χ1) is 13.7. The topological polar surface area (TPSA) is 68.0 Å². The number of benzene rings is 1. The number of nitrogens with zero attached hydrogens (tertiary/aromatic N) is 2. The van der Waals surface area contributed by atoms with Crippen LogP contribution in [0, 0.1) is 5.82 Å². The molecule has 29 heavy (non-hydrogen) atoms. The lowest BCUT2D eigenvalue weighted by atomic mass is 9.88. The Morgan fingerprint density at radius 3 is 2.24 bits per heavy atom. The third-order valence-electron chi connectivity index (χ3n) is 5.82. The molecule has 2 saturated heterocycles. The molecule has 3 rings (SSSR count). The number of carbonyl (C=O) groups is 1. The van der Waals surface area contributed by atoms with Gasteiger partial charge >= 0.3 is 6.09 Å². The molecule has 6 nitrogen and oxygen atoms in total. The van der Waals surface area contributed by atoms with Crippen molar-refractivity contribution in [3.8, 4) is 0 Å².